The molecule has 1 aromatic heterocycles. The Morgan fingerprint density at radius 3 is 3.26 bits per heavy atom. The van der Waals surface area contributed by atoms with Crippen LogP contribution < -0.4 is 5.32 Å². The molecule has 2 aromatic rings. The fraction of sp³-hybridized carbons (Fsp3) is 0.500. The van der Waals surface area contributed by atoms with Gasteiger partial charge in [-0.15, -0.1) is 0 Å². The normalized spacial score (nSPS) is 19.3. The van der Waals surface area contributed by atoms with Crippen LogP contribution in [0.4, 0.5) is 4.39 Å². The number of benzene rings is 1. The van der Waals surface area contributed by atoms with Crippen LogP contribution in [0.3, 0.4) is 0 Å². The predicted molar refractivity (Wildman–Crippen MR) is 71.6 cm³/mol. The molecule has 1 aliphatic heterocycles. The molecule has 1 aliphatic rings. The van der Waals surface area contributed by atoms with Crippen LogP contribution in [0.2, 0.25) is 0 Å². The van der Waals surface area contributed by atoms with Gasteiger partial charge in [0.2, 0.25) is 0 Å². The van der Waals surface area contributed by atoms with Crippen molar-refractivity contribution in [3.63, 3.8) is 0 Å². The van der Waals surface area contributed by atoms with E-state index in [1.807, 2.05) is 0 Å². The van der Waals surface area contributed by atoms with Gasteiger partial charge in [-0.1, -0.05) is 0 Å². The van der Waals surface area contributed by atoms with Crippen LogP contribution in [-0.4, -0.2) is 35.8 Å². The lowest BCUT2D eigenvalue weighted by Gasteiger charge is -2.09. The number of H-pyrrole nitrogens is 1. The van der Waals surface area contributed by atoms with Gasteiger partial charge in [0.25, 0.3) is 0 Å². The molecule has 0 spiro atoms. The molecule has 1 aromatic carbocycles. The third kappa shape index (κ3) is 3.11. The van der Waals surface area contributed by atoms with Crippen molar-refractivity contribution in [3.05, 3.63) is 29.8 Å². The first-order valence-electron chi connectivity index (χ1n) is 6.76. The summed E-state index contributed by atoms with van der Waals surface area (Å²) in [6.07, 6.45) is 2.99. The van der Waals surface area contributed by atoms with Gasteiger partial charge in [0, 0.05) is 19.1 Å². The number of rotatable bonds is 5. The molecule has 0 saturated carbocycles. The summed E-state index contributed by atoms with van der Waals surface area (Å²) < 4.78 is 18.4. The number of aryl methyl sites for hydroxylation is 1. The van der Waals surface area contributed by atoms with Crippen LogP contribution in [0.1, 0.15) is 18.7 Å². The Hall–Kier alpha value is -1.46. The number of fused-ring (bicyclic) bond motifs is 1. The van der Waals surface area contributed by atoms with Gasteiger partial charge in [-0.2, -0.15) is 0 Å². The van der Waals surface area contributed by atoms with Crippen molar-refractivity contribution in [2.24, 2.45) is 0 Å². The monoisotopic (exact) mass is 263 g/mol. The fourth-order valence-corrected chi connectivity index (χ4v) is 2.41. The molecule has 1 atom stereocenters. The molecule has 1 unspecified atom stereocenters. The molecule has 0 radical (unpaired) electrons. The van der Waals surface area contributed by atoms with Crippen LogP contribution in [0.25, 0.3) is 11.0 Å². The average Bonchev–Trinajstić information content (AvgIpc) is 3.02. The topological polar surface area (TPSA) is 49.9 Å². The van der Waals surface area contributed by atoms with Gasteiger partial charge >= 0.3 is 0 Å². The Kier molecular flexibility index (Phi) is 3.75. The summed E-state index contributed by atoms with van der Waals surface area (Å²) in [6.45, 7) is 2.65. The maximum atomic E-state index is 13.1. The van der Waals surface area contributed by atoms with E-state index in [0.29, 0.717) is 6.04 Å². The van der Waals surface area contributed by atoms with Gasteiger partial charge in [0.05, 0.1) is 17.6 Å². The standard InChI is InChI=1S/C14H18FN3O/c15-10-3-4-12-13(8-10)18-14(17-12)2-1-6-16-11-5-7-19-9-11/h3-4,8,11,16H,1-2,5-7,9H2,(H,17,18). The summed E-state index contributed by atoms with van der Waals surface area (Å²) in [4.78, 5) is 7.61. The lowest BCUT2D eigenvalue weighted by Crippen LogP contribution is -2.30. The Bertz CT molecular complexity index is 549. The van der Waals surface area contributed by atoms with Gasteiger partial charge in [-0.25, -0.2) is 9.37 Å². The maximum absolute atomic E-state index is 13.1. The number of aromatic amines is 1. The zero-order valence-electron chi connectivity index (χ0n) is 10.8. The largest absolute Gasteiger partial charge is 0.380 e. The van der Waals surface area contributed by atoms with E-state index in [9.17, 15) is 4.39 Å². The third-order valence-electron chi connectivity index (χ3n) is 3.45. The number of hydrogen-bond acceptors (Lipinski definition) is 3. The fourth-order valence-electron chi connectivity index (χ4n) is 2.41. The number of nitrogens with one attached hydrogen (secondary N) is 2. The van der Waals surface area contributed by atoms with E-state index in [0.717, 1.165) is 55.9 Å². The molecule has 2 N–H and O–H groups in total. The van der Waals surface area contributed by atoms with Crippen molar-refractivity contribution in [2.75, 3.05) is 19.8 Å². The number of ether oxygens (including phenoxy) is 1. The van der Waals surface area contributed by atoms with E-state index in [1.165, 1.54) is 12.1 Å². The van der Waals surface area contributed by atoms with Gasteiger partial charge in [-0.05, 0) is 37.6 Å². The minimum absolute atomic E-state index is 0.231. The molecular formula is C14H18FN3O. The molecule has 3 rings (SSSR count). The number of nitrogens with zero attached hydrogens (tertiary/aromatic N) is 1. The summed E-state index contributed by atoms with van der Waals surface area (Å²) in [5.74, 6) is 0.690. The Balaban J connectivity index is 1.50. The molecular weight excluding hydrogens is 245 g/mol. The summed E-state index contributed by atoms with van der Waals surface area (Å²) in [5, 5.41) is 3.47. The maximum Gasteiger partial charge on any atom is 0.125 e. The van der Waals surface area contributed by atoms with Crippen molar-refractivity contribution in [1.29, 1.82) is 0 Å². The van der Waals surface area contributed by atoms with Gasteiger partial charge < -0.3 is 15.0 Å². The summed E-state index contributed by atoms with van der Waals surface area (Å²) in [5.41, 5.74) is 1.60. The smallest absolute Gasteiger partial charge is 0.125 e. The summed E-state index contributed by atoms with van der Waals surface area (Å²) in [6, 6.07) is 5.14. The molecule has 0 amide bonds. The van der Waals surface area contributed by atoms with E-state index in [4.69, 9.17) is 4.74 Å². The molecule has 1 fully saturated rings. The predicted octanol–water partition coefficient (Wildman–Crippen LogP) is 2.01. The summed E-state index contributed by atoms with van der Waals surface area (Å²) >= 11 is 0. The van der Waals surface area contributed by atoms with E-state index >= 15 is 0 Å². The molecule has 5 heteroatoms. The zero-order chi connectivity index (χ0) is 13.1. The Morgan fingerprint density at radius 1 is 1.47 bits per heavy atom. The van der Waals surface area contributed by atoms with Crippen LogP contribution in [0.15, 0.2) is 18.2 Å². The van der Waals surface area contributed by atoms with Crippen molar-refractivity contribution >= 4 is 11.0 Å². The van der Waals surface area contributed by atoms with Crippen molar-refractivity contribution in [1.82, 2.24) is 15.3 Å². The number of halogens is 1. The van der Waals surface area contributed by atoms with Crippen LogP contribution in [0.5, 0.6) is 0 Å². The number of imidazole rings is 1. The van der Waals surface area contributed by atoms with Gasteiger partial charge in [-0.3, -0.25) is 0 Å². The molecule has 0 bridgehead atoms. The van der Waals surface area contributed by atoms with Crippen LogP contribution in [0, 0.1) is 5.82 Å². The Labute approximate surface area is 111 Å². The van der Waals surface area contributed by atoms with E-state index < -0.39 is 0 Å². The number of hydrogen-bond donors (Lipinski definition) is 2. The highest BCUT2D eigenvalue weighted by atomic mass is 19.1. The van der Waals surface area contributed by atoms with Crippen molar-refractivity contribution in [2.45, 2.75) is 25.3 Å². The van der Waals surface area contributed by atoms with Crippen LogP contribution in [-0.2, 0) is 11.2 Å². The van der Waals surface area contributed by atoms with E-state index in [1.54, 1.807) is 6.07 Å². The molecule has 19 heavy (non-hydrogen) atoms. The highest BCUT2D eigenvalue weighted by Crippen LogP contribution is 2.13. The third-order valence-corrected chi connectivity index (χ3v) is 3.45. The molecule has 2 heterocycles. The Morgan fingerprint density at radius 2 is 2.42 bits per heavy atom. The van der Waals surface area contributed by atoms with Gasteiger partial charge in [0.1, 0.15) is 11.6 Å². The van der Waals surface area contributed by atoms with Gasteiger partial charge in [0.15, 0.2) is 0 Å². The second-order valence-electron chi connectivity index (χ2n) is 4.96. The second-order valence-corrected chi connectivity index (χ2v) is 4.96. The van der Waals surface area contributed by atoms with Crippen molar-refractivity contribution < 1.29 is 9.13 Å². The van der Waals surface area contributed by atoms with E-state index in [2.05, 4.69) is 15.3 Å². The van der Waals surface area contributed by atoms with E-state index in [-0.39, 0.29) is 5.82 Å². The second kappa shape index (κ2) is 5.67. The first kappa shape index (κ1) is 12.6. The lowest BCUT2D eigenvalue weighted by atomic mass is 10.2. The van der Waals surface area contributed by atoms with Crippen LogP contribution >= 0.6 is 0 Å². The minimum atomic E-state index is -0.231. The number of aromatic nitrogens is 2. The molecule has 4 nitrogen and oxygen atoms in total. The first-order chi connectivity index (χ1) is 9.31. The molecule has 102 valence electrons. The zero-order valence-corrected chi connectivity index (χ0v) is 10.8. The SMILES string of the molecule is Fc1ccc2nc(CCCNC3CCOC3)[nH]c2c1. The summed E-state index contributed by atoms with van der Waals surface area (Å²) in [7, 11) is 0. The first-order valence-corrected chi connectivity index (χ1v) is 6.76. The lowest BCUT2D eigenvalue weighted by molar-refractivity contribution is 0.190. The highest BCUT2D eigenvalue weighted by molar-refractivity contribution is 5.74. The average molecular weight is 263 g/mol. The quantitative estimate of drug-likeness (QED) is 0.811. The minimum Gasteiger partial charge on any atom is -0.380 e. The molecule has 0 aliphatic carbocycles. The highest BCUT2D eigenvalue weighted by Gasteiger charge is 2.13. The van der Waals surface area contributed by atoms with Crippen molar-refractivity contribution in [3.8, 4) is 0 Å². The molecule has 1 saturated heterocycles.